The Kier molecular flexibility index (Phi) is 5.88. The fraction of sp³-hybridized carbons (Fsp3) is 0.615. The third kappa shape index (κ3) is 3.85. The number of nitrogens with zero attached hydrogens (tertiary/aromatic N) is 1. The van der Waals surface area contributed by atoms with Crippen molar-refractivity contribution < 1.29 is 9.21 Å². The van der Waals surface area contributed by atoms with E-state index in [1.807, 2.05) is 6.92 Å². The molecule has 0 radical (unpaired) electrons. The number of nitrogen functional groups attached to an aromatic ring is 1. The van der Waals surface area contributed by atoms with Gasteiger partial charge < -0.3 is 4.42 Å². The maximum absolute atomic E-state index is 11.4. The van der Waals surface area contributed by atoms with E-state index in [1.165, 1.54) is 12.8 Å². The van der Waals surface area contributed by atoms with Crippen LogP contribution in [0.5, 0.6) is 0 Å². The number of rotatable bonds is 7. The molecule has 0 saturated heterocycles. The van der Waals surface area contributed by atoms with Gasteiger partial charge in [0.2, 0.25) is 0 Å². The summed E-state index contributed by atoms with van der Waals surface area (Å²) in [5.41, 5.74) is 3.12. The molecule has 5 nitrogen and oxygen atoms in total. The molecule has 1 rings (SSSR count). The molecule has 18 heavy (non-hydrogen) atoms. The molecule has 0 spiro atoms. The Morgan fingerprint density at radius 3 is 2.78 bits per heavy atom. The predicted octanol–water partition coefficient (Wildman–Crippen LogP) is 1.81. The lowest BCUT2D eigenvalue weighted by molar-refractivity contribution is 0.0924. The van der Waals surface area contributed by atoms with E-state index in [4.69, 9.17) is 10.3 Å². The highest BCUT2D eigenvalue weighted by molar-refractivity contribution is 5.91. The van der Waals surface area contributed by atoms with Crippen LogP contribution in [0.1, 0.15) is 48.6 Å². The number of carbonyl (C=O) groups excluding carboxylic acids is 1. The van der Waals surface area contributed by atoms with Crippen LogP contribution in [0.25, 0.3) is 0 Å². The normalized spacial score (nSPS) is 10.9. The molecule has 0 fully saturated rings. The Morgan fingerprint density at radius 1 is 1.50 bits per heavy atom. The zero-order valence-electron chi connectivity index (χ0n) is 11.5. The fourth-order valence-electron chi connectivity index (χ4n) is 1.83. The van der Waals surface area contributed by atoms with Gasteiger partial charge in [-0.05, 0) is 32.5 Å². The number of nitrogens with two attached hydrogens (primary N) is 1. The van der Waals surface area contributed by atoms with Crippen molar-refractivity contribution in [1.82, 2.24) is 10.3 Å². The Hall–Kier alpha value is -1.33. The van der Waals surface area contributed by atoms with Gasteiger partial charge in [0.1, 0.15) is 5.76 Å². The van der Waals surface area contributed by atoms with Crippen LogP contribution < -0.4 is 11.3 Å². The summed E-state index contributed by atoms with van der Waals surface area (Å²) in [6.45, 7) is 9.05. The van der Waals surface area contributed by atoms with Gasteiger partial charge in [-0.1, -0.05) is 20.3 Å². The predicted molar refractivity (Wildman–Crippen MR) is 71.0 cm³/mol. The lowest BCUT2D eigenvalue weighted by Gasteiger charge is -2.19. The van der Waals surface area contributed by atoms with E-state index in [0.717, 1.165) is 31.0 Å². The minimum absolute atomic E-state index is 0.275. The number of hydrazine groups is 1. The average Bonchev–Trinajstić information content (AvgIpc) is 2.74. The van der Waals surface area contributed by atoms with Crippen LogP contribution in [0.4, 0.5) is 0 Å². The molecule has 5 heteroatoms. The number of unbranched alkanes of at least 4 members (excludes halogenated alkanes) is 1. The van der Waals surface area contributed by atoms with E-state index < -0.39 is 0 Å². The molecule has 102 valence electrons. The first-order valence-electron chi connectivity index (χ1n) is 6.44. The first kappa shape index (κ1) is 14.7. The molecule has 1 amide bonds. The minimum Gasteiger partial charge on any atom is -0.456 e. The van der Waals surface area contributed by atoms with E-state index >= 15 is 0 Å². The number of nitrogens with one attached hydrogen (secondary N) is 1. The van der Waals surface area contributed by atoms with Crippen LogP contribution >= 0.6 is 0 Å². The highest BCUT2D eigenvalue weighted by Gasteiger charge is 2.15. The van der Waals surface area contributed by atoms with Gasteiger partial charge in [-0.15, -0.1) is 0 Å². The van der Waals surface area contributed by atoms with E-state index in [9.17, 15) is 4.79 Å². The third-order valence-corrected chi connectivity index (χ3v) is 3.04. The molecule has 0 aromatic carbocycles. The highest BCUT2D eigenvalue weighted by atomic mass is 16.4. The van der Waals surface area contributed by atoms with E-state index in [2.05, 4.69) is 24.2 Å². The van der Waals surface area contributed by atoms with Crippen molar-refractivity contribution in [3.05, 3.63) is 23.2 Å². The highest BCUT2D eigenvalue weighted by Crippen LogP contribution is 2.17. The Morgan fingerprint density at radius 2 is 2.22 bits per heavy atom. The molecule has 0 saturated carbocycles. The number of aryl methyl sites for hydroxylation is 1. The number of carbonyl (C=O) groups is 1. The van der Waals surface area contributed by atoms with Crippen LogP contribution in [0, 0.1) is 6.92 Å². The van der Waals surface area contributed by atoms with Crippen molar-refractivity contribution in [2.24, 2.45) is 5.84 Å². The van der Waals surface area contributed by atoms with Crippen molar-refractivity contribution in [1.29, 1.82) is 0 Å². The molecule has 0 aliphatic heterocycles. The summed E-state index contributed by atoms with van der Waals surface area (Å²) in [7, 11) is 0. The standard InChI is InChI=1S/C13H23N3O2/c1-4-6-7-16(5-2)9-11-8-12(13(17)15-14)18-10(11)3/h8H,4-7,9,14H2,1-3H3,(H,15,17). The summed E-state index contributed by atoms with van der Waals surface area (Å²) in [6, 6.07) is 1.77. The first-order chi connectivity index (χ1) is 8.62. The van der Waals surface area contributed by atoms with E-state index in [-0.39, 0.29) is 11.7 Å². The maximum atomic E-state index is 11.4. The molecule has 1 aromatic rings. The largest absolute Gasteiger partial charge is 0.456 e. The van der Waals surface area contributed by atoms with Crippen LogP contribution in [0.3, 0.4) is 0 Å². The van der Waals surface area contributed by atoms with Crippen LogP contribution in [-0.4, -0.2) is 23.9 Å². The van der Waals surface area contributed by atoms with Gasteiger partial charge in [0.05, 0.1) is 0 Å². The second kappa shape index (κ2) is 7.18. The Bertz CT molecular complexity index is 388. The second-order valence-electron chi connectivity index (χ2n) is 4.39. The quantitative estimate of drug-likeness (QED) is 0.441. The summed E-state index contributed by atoms with van der Waals surface area (Å²) >= 11 is 0. The van der Waals surface area contributed by atoms with Gasteiger partial charge in [-0.3, -0.25) is 15.1 Å². The number of amides is 1. The number of hydrogen-bond donors (Lipinski definition) is 2. The summed E-state index contributed by atoms with van der Waals surface area (Å²) in [5, 5.41) is 0. The van der Waals surface area contributed by atoms with Crippen molar-refractivity contribution in [2.45, 2.75) is 40.2 Å². The lowest BCUT2D eigenvalue weighted by atomic mass is 10.2. The second-order valence-corrected chi connectivity index (χ2v) is 4.39. The van der Waals surface area contributed by atoms with Crippen molar-refractivity contribution >= 4 is 5.91 Å². The molecule has 1 aromatic heterocycles. The van der Waals surface area contributed by atoms with Gasteiger partial charge in [0, 0.05) is 12.1 Å². The van der Waals surface area contributed by atoms with Crippen molar-refractivity contribution in [3.63, 3.8) is 0 Å². The van der Waals surface area contributed by atoms with Gasteiger partial charge in [-0.2, -0.15) is 0 Å². The van der Waals surface area contributed by atoms with Gasteiger partial charge >= 0.3 is 5.91 Å². The Labute approximate surface area is 108 Å². The molecule has 0 aliphatic rings. The molecule has 0 aliphatic carbocycles. The van der Waals surface area contributed by atoms with Crippen molar-refractivity contribution in [2.75, 3.05) is 13.1 Å². The third-order valence-electron chi connectivity index (χ3n) is 3.04. The van der Waals surface area contributed by atoms with Crippen LogP contribution in [0.2, 0.25) is 0 Å². The fourth-order valence-corrected chi connectivity index (χ4v) is 1.83. The number of furan rings is 1. The maximum Gasteiger partial charge on any atom is 0.300 e. The topological polar surface area (TPSA) is 71.5 Å². The smallest absolute Gasteiger partial charge is 0.300 e. The van der Waals surface area contributed by atoms with Gasteiger partial charge in [0.25, 0.3) is 0 Å². The number of hydrogen-bond acceptors (Lipinski definition) is 4. The molecule has 1 heterocycles. The lowest BCUT2D eigenvalue weighted by Crippen LogP contribution is -2.29. The van der Waals surface area contributed by atoms with Gasteiger partial charge in [0.15, 0.2) is 5.76 Å². The summed E-state index contributed by atoms with van der Waals surface area (Å²) in [4.78, 5) is 13.7. The zero-order chi connectivity index (χ0) is 13.5. The summed E-state index contributed by atoms with van der Waals surface area (Å²) in [6.07, 6.45) is 2.36. The molecule has 0 atom stereocenters. The summed E-state index contributed by atoms with van der Waals surface area (Å²) in [5.74, 6) is 5.75. The zero-order valence-corrected chi connectivity index (χ0v) is 11.5. The van der Waals surface area contributed by atoms with E-state index in [0.29, 0.717) is 0 Å². The van der Waals surface area contributed by atoms with Crippen LogP contribution in [-0.2, 0) is 6.54 Å². The van der Waals surface area contributed by atoms with Crippen LogP contribution in [0.15, 0.2) is 10.5 Å². The first-order valence-corrected chi connectivity index (χ1v) is 6.44. The molecular weight excluding hydrogens is 230 g/mol. The minimum atomic E-state index is -0.388. The van der Waals surface area contributed by atoms with Crippen molar-refractivity contribution in [3.8, 4) is 0 Å². The molecule has 3 N–H and O–H groups in total. The van der Waals surface area contributed by atoms with E-state index in [1.54, 1.807) is 6.07 Å². The SMILES string of the molecule is CCCCN(CC)Cc1cc(C(=O)NN)oc1C. The molecular formula is C13H23N3O2. The van der Waals surface area contributed by atoms with Gasteiger partial charge in [-0.25, -0.2) is 5.84 Å². The Balaban J connectivity index is 2.70. The summed E-state index contributed by atoms with van der Waals surface area (Å²) < 4.78 is 5.40. The monoisotopic (exact) mass is 253 g/mol. The molecule has 0 unspecified atom stereocenters. The average molecular weight is 253 g/mol. The molecule has 0 bridgehead atoms.